The van der Waals surface area contributed by atoms with Gasteiger partial charge in [0.25, 0.3) is 0 Å². The molecule has 4 heteroatoms. The molecular weight excluding hydrogens is 538 g/mol. The summed E-state index contributed by atoms with van der Waals surface area (Å²) in [6.07, 6.45) is 4.03. The molecule has 0 bridgehead atoms. The lowest BCUT2D eigenvalue weighted by Gasteiger charge is -2.22. The van der Waals surface area contributed by atoms with Gasteiger partial charge >= 0.3 is 0 Å². The molecule has 0 saturated carbocycles. The molecule has 0 spiro atoms. The fourth-order valence-corrected chi connectivity index (χ4v) is 6.32. The SMILES string of the molecule is CC(C)c1cccc(C(C)C)c1-n1cc(-c2cc(-c3nccc4ccccc34)c3ccccc3c2)nc1-c1ccccc1O. The largest absolute Gasteiger partial charge is 0.507 e. The van der Waals surface area contributed by atoms with E-state index in [2.05, 4.69) is 123 Å². The molecule has 7 aromatic rings. The first-order valence-electron chi connectivity index (χ1n) is 15.3. The van der Waals surface area contributed by atoms with Gasteiger partial charge in [-0.1, -0.05) is 107 Å². The number of pyridine rings is 1. The number of hydrogen-bond donors (Lipinski definition) is 1. The Hall–Kier alpha value is -5.22. The highest BCUT2D eigenvalue weighted by Gasteiger charge is 2.23. The maximum Gasteiger partial charge on any atom is 0.148 e. The average Bonchev–Trinajstić information content (AvgIpc) is 3.48. The Morgan fingerprint density at radius 2 is 1.30 bits per heavy atom. The Kier molecular flexibility index (Phi) is 6.98. The molecule has 0 atom stereocenters. The number of phenolic OH excluding ortho intramolecular Hbond substituents is 1. The van der Waals surface area contributed by atoms with Crippen molar-refractivity contribution in [2.24, 2.45) is 0 Å². The number of para-hydroxylation sites is 2. The number of phenols is 1. The van der Waals surface area contributed by atoms with Crippen molar-refractivity contribution < 1.29 is 5.11 Å². The second-order valence-corrected chi connectivity index (χ2v) is 12.1. The highest BCUT2D eigenvalue weighted by molar-refractivity contribution is 6.05. The van der Waals surface area contributed by atoms with Crippen molar-refractivity contribution in [1.82, 2.24) is 14.5 Å². The number of benzene rings is 5. The summed E-state index contributed by atoms with van der Waals surface area (Å²) in [5, 5.41) is 15.6. The molecule has 0 aliphatic rings. The topological polar surface area (TPSA) is 50.9 Å². The molecule has 5 aromatic carbocycles. The maximum absolute atomic E-state index is 11.0. The fourth-order valence-electron chi connectivity index (χ4n) is 6.32. The Balaban J connectivity index is 1.53. The number of imidazole rings is 1. The van der Waals surface area contributed by atoms with E-state index >= 15 is 0 Å². The minimum Gasteiger partial charge on any atom is -0.507 e. The zero-order valence-electron chi connectivity index (χ0n) is 25.5. The molecule has 2 aromatic heterocycles. The first kappa shape index (κ1) is 27.6. The first-order chi connectivity index (χ1) is 21.4. The molecule has 216 valence electrons. The van der Waals surface area contributed by atoms with Crippen LogP contribution in [0.4, 0.5) is 0 Å². The summed E-state index contributed by atoms with van der Waals surface area (Å²) in [6.45, 7) is 8.92. The van der Waals surface area contributed by atoms with Gasteiger partial charge in [0.05, 0.1) is 22.6 Å². The van der Waals surface area contributed by atoms with Crippen LogP contribution in [0.2, 0.25) is 0 Å². The molecule has 0 unspecified atom stereocenters. The number of nitrogens with zero attached hydrogens (tertiary/aromatic N) is 3. The zero-order chi connectivity index (χ0) is 30.4. The molecule has 0 radical (unpaired) electrons. The van der Waals surface area contributed by atoms with Crippen LogP contribution in [-0.2, 0) is 0 Å². The van der Waals surface area contributed by atoms with Gasteiger partial charge in [-0.25, -0.2) is 4.98 Å². The van der Waals surface area contributed by atoms with Gasteiger partial charge in [0.1, 0.15) is 11.6 Å². The Morgan fingerprint density at radius 1 is 0.636 bits per heavy atom. The third-order valence-electron chi connectivity index (χ3n) is 8.52. The van der Waals surface area contributed by atoms with Crippen LogP contribution in [0, 0.1) is 0 Å². The standard InChI is InChI=1S/C40H35N3O/c1-25(2)30-17-11-18-31(26(3)4)39(30)43-24-36(42-40(43)34-16-9-10-19-37(34)44)29-22-28-13-6-7-14-32(28)35(23-29)38-33-15-8-5-12-27(33)20-21-41-38/h5-26,44H,1-4H3. The van der Waals surface area contributed by atoms with Gasteiger partial charge in [-0.2, -0.15) is 0 Å². The third kappa shape index (κ3) is 4.73. The summed E-state index contributed by atoms with van der Waals surface area (Å²) in [4.78, 5) is 10.2. The van der Waals surface area contributed by atoms with Crippen LogP contribution in [0.15, 0.2) is 122 Å². The van der Waals surface area contributed by atoms with Gasteiger partial charge in [-0.3, -0.25) is 9.55 Å². The van der Waals surface area contributed by atoms with Crippen molar-refractivity contribution >= 4 is 21.5 Å². The number of aromatic hydroxyl groups is 1. The molecule has 0 aliphatic carbocycles. The molecule has 2 heterocycles. The smallest absolute Gasteiger partial charge is 0.148 e. The van der Waals surface area contributed by atoms with E-state index in [0.29, 0.717) is 23.2 Å². The predicted molar refractivity (Wildman–Crippen MR) is 183 cm³/mol. The van der Waals surface area contributed by atoms with Crippen LogP contribution in [-0.4, -0.2) is 19.6 Å². The third-order valence-corrected chi connectivity index (χ3v) is 8.52. The summed E-state index contributed by atoms with van der Waals surface area (Å²) < 4.78 is 2.19. The Bertz CT molecular complexity index is 2120. The van der Waals surface area contributed by atoms with Gasteiger partial charge in [0.15, 0.2) is 0 Å². The van der Waals surface area contributed by atoms with Crippen LogP contribution in [0.25, 0.3) is 61.1 Å². The monoisotopic (exact) mass is 573 g/mol. The summed E-state index contributed by atoms with van der Waals surface area (Å²) in [5.74, 6) is 1.53. The maximum atomic E-state index is 11.0. The van der Waals surface area contributed by atoms with Gasteiger partial charge in [0, 0.05) is 28.9 Å². The van der Waals surface area contributed by atoms with E-state index in [0.717, 1.165) is 49.7 Å². The molecule has 4 nitrogen and oxygen atoms in total. The van der Waals surface area contributed by atoms with E-state index in [-0.39, 0.29) is 5.75 Å². The molecule has 7 rings (SSSR count). The van der Waals surface area contributed by atoms with E-state index < -0.39 is 0 Å². The van der Waals surface area contributed by atoms with Crippen molar-refractivity contribution in [3.05, 3.63) is 133 Å². The quantitative estimate of drug-likeness (QED) is 0.215. The summed E-state index contributed by atoms with van der Waals surface area (Å²) in [7, 11) is 0. The first-order valence-corrected chi connectivity index (χ1v) is 15.3. The van der Waals surface area contributed by atoms with E-state index in [9.17, 15) is 5.11 Å². The van der Waals surface area contributed by atoms with Crippen molar-refractivity contribution in [3.63, 3.8) is 0 Å². The normalized spacial score (nSPS) is 11.7. The average molecular weight is 574 g/mol. The number of rotatable bonds is 6. The highest BCUT2D eigenvalue weighted by Crippen LogP contribution is 2.40. The molecule has 0 saturated heterocycles. The Morgan fingerprint density at radius 3 is 2.02 bits per heavy atom. The number of hydrogen-bond acceptors (Lipinski definition) is 3. The van der Waals surface area contributed by atoms with Gasteiger partial charge in [-0.05, 0) is 69.5 Å². The molecule has 0 amide bonds. The van der Waals surface area contributed by atoms with Crippen LogP contribution in [0.5, 0.6) is 5.75 Å². The summed E-state index contributed by atoms with van der Waals surface area (Å²) >= 11 is 0. The summed E-state index contributed by atoms with van der Waals surface area (Å²) in [5.41, 5.74) is 8.18. The van der Waals surface area contributed by atoms with E-state index in [1.165, 1.54) is 11.1 Å². The zero-order valence-corrected chi connectivity index (χ0v) is 25.5. The van der Waals surface area contributed by atoms with Crippen molar-refractivity contribution in [1.29, 1.82) is 0 Å². The molecular formula is C40H35N3O. The van der Waals surface area contributed by atoms with Crippen LogP contribution in [0.1, 0.15) is 50.7 Å². The van der Waals surface area contributed by atoms with Gasteiger partial charge in [0.2, 0.25) is 0 Å². The predicted octanol–water partition coefficient (Wildman–Crippen LogP) is 10.5. The van der Waals surface area contributed by atoms with E-state index in [4.69, 9.17) is 9.97 Å². The van der Waals surface area contributed by atoms with E-state index in [1.807, 2.05) is 24.4 Å². The number of aromatic nitrogens is 3. The molecule has 44 heavy (non-hydrogen) atoms. The Labute approximate surface area is 258 Å². The fraction of sp³-hybridized carbons (Fsp3) is 0.150. The van der Waals surface area contributed by atoms with Crippen molar-refractivity contribution in [3.8, 4) is 45.3 Å². The summed E-state index contributed by atoms with van der Waals surface area (Å²) in [6, 6.07) is 37.4. The van der Waals surface area contributed by atoms with E-state index in [1.54, 1.807) is 6.07 Å². The van der Waals surface area contributed by atoms with Crippen LogP contribution in [0.3, 0.4) is 0 Å². The van der Waals surface area contributed by atoms with Crippen LogP contribution < -0.4 is 0 Å². The second kappa shape index (κ2) is 11.1. The lowest BCUT2D eigenvalue weighted by molar-refractivity contribution is 0.477. The van der Waals surface area contributed by atoms with Gasteiger partial charge < -0.3 is 5.11 Å². The second-order valence-electron chi connectivity index (χ2n) is 12.1. The molecule has 0 fully saturated rings. The highest BCUT2D eigenvalue weighted by atomic mass is 16.3. The van der Waals surface area contributed by atoms with Crippen molar-refractivity contribution in [2.75, 3.05) is 0 Å². The minimum atomic E-state index is 0.207. The van der Waals surface area contributed by atoms with Crippen LogP contribution >= 0.6 is 0 Å². The molecule has 0 aliphatic heterocycles. The number of fused-ring (bicyclic) bond motifs is 2. The lowest BCUT2D eigenvalue weighted by Crippen LogP contribution is -2.07. The lowest BCUT2D eigenvalue weighted by atomic mass is 9.92. The van der Waals surface area contributed by atoms with Crippen molar-refractivity contribution in [2.45, 2.75) is 39.5 Å². The molecule has 1 N–H and O–H groups in total. The van der Waals surface area contributed by atoms with Gasteiger partial charge in [-0.15, -0.1) is 0 Å². The minimum absolute atomic E-state index is 0.207.